The Bertz CT molecular complexity index is 366. The highest BCUT2D eigenvalue weighted by Crippen LogP contribution is 2.24. The van der Waals surface area contributed by atoms with E-state index in [-0.39, 0.29) is 6.04 Å². The van der Waals surface area contributed by atoms with Crippen LogP contribution in [0.25, 0.3) is 0 Å². The molecule has 0 fully saturated rings. The molecular weight excluding hydrogens is 308 g/mol. The van der Waals surface area contributed by atoms with Crippen LogP contribution in [-0.2, 0) is 11.3 Å². The van der Waals surface area contributed by atoms with Gasteiger partial charge in [-0.15, -0.1) is 0 Å². The third kappa shape index (κ3) is 4.87. The Morgan fingerprint density at radius 3 is 2.74 bits per heavy atom. The number of nitrogens with two attached hydrogens (primary N) is 1. The summed E-state index contributed by atoms with van der Waals surface area (Å²) in [5.41, 5.74) is 7.37. The molecule has 0 radical (unpaired) electrons. The molecule has 2 N–H and O–H groups in total. The van der Waals surface area contributed by atoms with E-state index in [4.69, 9.17) is 10.5 Å². The quantitative estimate of drug-likeness (QED) is 0.751. The van der Waals surface area contributed by atoms with Gasteiger partial charge in [0, 0.05) is 13.2 Å². The van der Waals surface area contributed by atoms with Crippen LogP contribution in [0, 0.1) is 0 Å². The Hall–Kier alpha value is -0.430. The first-order valence-corrected chi connectivity index (χ1v) is 7.61. The van der Waals surface area contributed by atoms with Gasteiger partial charge in [0.05, 0.1) is 29.5 Å². The smallest absolute Gasteiger partial charge is 0.0694 e. The van der Waals surface area contributed by atoms with Crippen molar-refractivity contribution < 1.29 is 4.74 Å². The molecule has 1 aromatic rings. The highest BCUT2D eigenvalue weighted by molar-refractivity contribution is 9.10. The van der Waals surface area contributed by atoms with Crippen LogP contribution >= 0.6 is 15.9 Å². The van der Waals surface area contributed by atoms with Crippen molar-refractivity contribution in [3.05, 3.63) is 16.4 Å². The van der Waals surface area contributed by atoms with E-state index in [1.54, 1.807) is 7.11 Å². The number of rotatable bonds is 9. The second-order valence-corrected chi connectivity index (χ2v) is 5.37. The van der Waals surface area contributed by atoms with E-state index < -0.39 is 0 Å². The van der Waals surface area contributed by atoms with Gasteiger partial charge in [-0.1, -0.05) is 13.8 Å². The Morgan fingerprint density at radius 2 is 2.16 bits per heavy atom. The maximum absolute atomic E-state index is 6.31. The minimum absolute atomic E-state index is 0.00525. The number of hydrogen-bond donors (Lipinski definition) is 1. The van der Waals surface area contributed by atoms with Gasteiger partial charge in [0.15, 0.2) is 0 Å². The van der Waals surface area contributed by atoms with E-state index in [9.17, 15) is 0 Å². The predicted molar refractivity (Wildman–Crippen MR) is 81.1 cm³/mol. The van der Waals surface area contributed by atoms with Crippen molar-refractivity contribution in [3.63, 3.8) is 0 Å². The van der Waals surface area contributed by atoms with Gasteiger partial charge in [-0.05, 0) is 42.0 Å². The first-order valence-electron chi connectivity index (χ1n) is 6.82. The third-order valence-corrected chi connectivity index (χ3v) is 3.95. The number of methoxy groups -OCH3 is 1. The van der Waals surface area contributed by atoms with Crippen LogP contribution in [0.3, 0.4) is 0 Å². The normalized spacial score (nSPS) is 13.2. The molecule has 1 unspecified atom stereocenters. The molecule has 1 heterocycles. The summed E-state index contributed by atoms with van der Waals surface area (Å²) in [6.07, 6.45) is 2.74. The van der Waals surface area contributed by atoms with Crippen molar-refractivity contribution >= 4 is 15.9 Å². The Morgan fingerprint density at radius 1 is 1.47 bits per heavy atom. The van der Waals surface area contributed by atoms with Gasteiger partial charge in [0.2, 0.25) is 0 Å². The zero-order chi connectivity index (χ0) is 14.3. The third-order valence-electron chi connectivity index (χ3n) is 3.34. The number of aromatic nitrogens is 2. The fourth-order valence-corrected chi connectivity index (χ4v) is 2.68. The Kier molecular flexibility index (Phi) is 7.60. The molecule has 0 bridgehead atoms. The fourth-order valence-electron chi connectivity index (χ4n) is 2.09. The number of hydrogen-bond acceptors (Lipinski definition) is 4. The van der Waals surface area contributed by atoms with E-state index in [2.05, 4.69) is 39.8 Å². The minimum atomic E-state index is -0.00525. The van der Waals surface area contributed by atoms with Crippen LogP contribution in [0.1, 0.15) is 32.0 Å². The summed E-state index contributed by atoms with van der Waals surface area (Å²) in [5.74, 6) is 0. The van der Waals surface area contributed by atoms with Gasteiger partial charge in [0.1, 0.15) is 0 Å². The highest BCUT2D eigenvalue weighted by Gasteiger charge is 2.17. The molecule has 0 amide bonds. The maximum atomic E-state index is 6.31. The summed E-state index contributed by atoms with van der Waals surface area (Å²) in [4.78, 5) is 2.38. The van der Waals surface area contributed by atoms with E-state index in [1.165, 1.54) is 0 Å². The molecule has 6 heteroatoms. The summed E-state index contributed by atoms with van der Waals surface area (Å²) < 4.78 is 8.01. The van der Waals surface area contributed by atoms with Crippen molar-refractivity contribution in [1.82, 2.24) is 14.7 Å². The Balaban J connectivity index is 2.64. The number of nitrogens with zero attached hydrogens (tertiary/aromatic N) is 3. The second kappa shape index (κ2) is 8.68. The van der Waals surface area contributed by atoms with Crippen molar-refractivity contribution in [2.24, 2.45) is 5.73 Å². The van der Waals surface area contributed by atoms with Gasteiger partial charge in [-0.3, -0.25) is 4.68 Å². The molecule has 110 valence electrons. The topological polar surface area (TPSA) is 56.3 Å². The van der Waals surface area contributed by atoms with Gasteiger partial charge in [-0.2, -0.15) is 5.10 Å². The Labute approximate surface area is 124 Å². The van der Waals surface area contributed by atoms with Crippen LogP contribution in [0.4, 0.5) is 0 Å². The average molecular weight is 333 g/mol. The highest BCUT2D eigenvalue weighted by atomic mass is 79.9. The van der Waals surface area contributed by atoms with Gasteiger partial charge >= 0.3 is 0 Å². The maximum Gasteiger partial charge on any atom is 0.0694 e. The lowest BCUT2D eigenvalue weighted by molar-refractivity contribution is 0.181. The molecule has 1 rings (SSSR count). The van der Waals surface area contributed by atoms with Crippen molar-refractivity contribution in [2.75, 3.05) is 33.4 Å². The summed E-state index contributed by atoms with van der Waals surface area (Å²) >= 11 is 3.53. The molecule has 0 saturated carbocycles. The van der Waals surface area contributed by atoms with Crippen LogP contribution in [0.15, 0.2) is 10.7 Å². The molecule has 5 nitrogen and oxygen atoms in total. The van der Waals surface area contributed by atoms with E-state index in [1.807, 2.05) is 10.9 Å². The van der Waals surface area contributed by atoms with E-state index in [0.717, 1.165) is 42.8 Å². The molecule has 0 aromatic carbocycles. The second-order valence-electron chi connectivity index (χ2n) is 4.52. The summed E-state index contributed by atoms with van der Waals surface area (Å²) in [7, 11) is 1.69. The van der Waals surface area contributed by atoms with Gasteiger partial charge < -0.3 is 15.4 Å². The van der Waals surface area contributed by atoms with E-state index in [0.29, 0.717) is 6.61 Å². The van der Waals surface area contributed by atoms with E-state index >= 15 is 0 Å². The largest absolute Gasteiger partial charge is 0.383 e. The number of ether oxygens (including phenoxy) is 1. The SMILES string of the molecule is CCN(CC)CCC(N)c1c(Br)cnn1CCOC. The van der Waals surface area contributed by atoms with Crippen LogP contribution in [0.5, 0.6) is 0 Å². The van der Waals surface area contributed by atoms with Crippen molar-refractivity contribution in [2.45, 2.75) is 32.9 Å². The standard InChI is InChI=1S/C13H25BrN4O/c1-4-17(5-2)7-6-12(15)13-11(14)10-16-18(13)8-9-19-3/h10,12H,4-9,15H2,1-3H3. The molecule has 19 heavy (non-hydrogen) atoms. The average Bonchev–Trinajstić information content (AvgIpc) is 2.78. The number of halogens is 1. The van der Waals surface area contributed by atoms with Crippen LogP contribution in [0.2, 0.25) is 0 Å². The van der Waals surface area contributed by atoms with Crippen molar-refractivity contribution in [1.29, 1.82) is 0 Å². The summed E-state index contributed by atoms with van der Waals surface area (Å²) in [6, 6.07) is -0.00525. The predicted octanol–water partition coefficient (Wildman–Crippen LogP) is 2.02. The van der Waals surface area contributed by atoms with Crippen LogP contribution in [-0.4, -0.2) is 48.0 Å². The monoisotopic (exact) mass is 332 g/mol. The lowest BCUT2D eigenvalue weighted by Crippen LogP contribution is -2.28. The molecule has 0 saturated heterocycles. The minimum Gasteiger partial charge on any atom is -0.383 e. The molecule has 0 aliphatic carbocycles. The molecule has 0 aliphatic heterocycles. The molecule has 0 aliphatic rings. The summed E-state index contributed by atoms with van der Waals surface area (Å²) in [6.45, 7) is 8.86. The molecule has 1 atom stereocenters. The lowest BCUT2D eigenvalue weighted by atomic mass is 10.1. The molecular formula is C13H25BrN4O. The van der Waals surface area contributed by atoms with Crippen molar-refractivity contribution in [3.8, 4) is 0 Å². The molecule has 0 spiro atoms. The molecule has 1 aromatic heterocycles. The first kappa shape index (κ1) is 16.6. The van der Waals surface area contributed by atoms with Gasteiger partial charge in [0.25, 0.3) is 0 Å². The zero-order valence-electron chi connectivity index (χ0n) is 12.1. The zero-order valence-corrected chi connectivity index (χ0v) is 13.7. The summed E-state index contributed by atoms with van der Waals surface area (Å²) in [5, 5.41) is 4.34. The van der Waals surface area contributed by atoms with Gasteiger partial charge in [-0.25, -0.2) is 0 Å². The van der Waals surface area contributed by atoms with Crippen LogP contribution < -0.4 is 5.73 Å². The first-order chi connectivity index (χ1) is 9.13. The lowest BCUT2D eigenvalue weighted by Gasteiger charge is -2.21. The fraction of sp³-hybridized carbons (Fsp3) is 0.769.